The highest BCUT2D eigenvalue weighted by molar-refractivity contribution is 6.22. The summed E-state index contributed by atoms with van der Waals surface area (Å²) in [4.78, 5) is 24.9. The Kier molecular flexibility index (Phi) is 7.50. The van der Waals surface area contributed by atoms with Crippen molar-refractivity contribution in [1.82, 2.24) is 0 Å². The van der Waals surface area contributed by atoms with Crippen LogP contribution in [0.2, 0.25) is 0 Å². The number of ketones is 2. The summed E-state index contributed by atoms with van der Waals surface area (Å²) in [6, 6.07) is 0. The maximum atomic E-state index is 12.6. The molecule has 0 heterocycles. The first-order valence-electron chi connectivity index (χ1n) is 8.17. The molecule has 1 aliphatic rings. The van der Waals surface area contributed by atoms with Crippen LogP contribution in [0, 0.1) is 0 Å². The molecular formula is C18H28O2. The molecule has 1 rings (SSSR count). The highest BCUT2D eigenvalue weighted by Gasteiger charge is 2.26. The minimum absolute atomic E-state index is 0.0928. The number of hydrogen-bond donors (Lipinski definition) is 0. The summed E-state index contributed by atoms with van der Waals surface area (Å²) in [5, 5.41) is 0. The second kappa shape index (κ2) is 8.89. The van der Waals surface area contributed by atoms with Crippen molar-refractivity contribution in [3.8, 4) is 0 Å². The molecule has 0 aromatic rings. The number of carbonyl (C=O) groups is 2. The maximum Gasteiger partial charge on any atom is 0.185 e. The van der Waals surface area contributed by atoms with Crippen LogP contribution in [0.5, 0.6) is 0 Å². The van der Waals surface area contributed by atoms with Crippen molar-refractivity contribution in [2.75, 3.05) is 0 Å². The summed E-state index contributed by atoms with van der Waals surface area (Å²) in [6.07, 6.45) is 10.0. The van der Waals surface area contributed by atoms with Crippen LogP contribution >= 0.6 is 0 Å². The Morgan fingerprint density at radius 3 is 1.80 bits per heavy atom. The topological polar surface area (TPSA) is 34.1 Å². The van der Waals surface area contributed by atoms with E-state index in [4.69, 9.17) is 0 Å². The summed E-state index contributed by atoms with van der Waals surface area (Å²) >= 11 is 0. The molecule has 0 aliphatic heterocycles. The molecule has 0 saturated carbocycles. The zero-order valence-corrected chi connectivity index (χ0v) is 13.3. The van der Waals surface area contributed by atoms with E-state index < -0.39 is 0 Å². The molecule has 112 valence electrons. The van der Waals surface area contributed by atoms with Crippen molar-refractivity contribution in [3.05, 3.63) is 22.8 Å². The van der Waals surface area contributed by atoms with Gasteiger partial charge in [0.1, 0.15) is 0 Å². The van der Waals surface area contributed by atoms with Gasteiger partial charge >= 0.3 is 0 Å². The van der Waals surface area contributed by atoms with Gasteiger partial charge in [-0.25, -0.2) is 0 Å². The predicted octanol–water partition coefficient (Wildman–Crippen LogP) is 4.93. The second-order valence-corrected chi connectivity index (χ2v) is 5.63. The van der Waals surface area contributed by atoms with Crippen LogP contribution in [0.25, 0.3) is 0 Å². The minimum atomic E-state index is 0.0928. The SMILES string of the molecule is CCCCC1=CC(=O)C(CCCC)=C(CCCC)C1=O. The van der Waals surface area contributed by atoms with E-state index in [1.165, 1.54) is 0 Å². The lowest BCUT2D eigenvalue weighted by molar-refractivity contribution is -0.116. The first-order chi connectivity index (χ1) is 9.65. The van der Waals surface area contributed by atoms with E-state index in [0.717, 1.165) is 74.5 Å². The van der Waals surface area contributed by atoms with E-state index in [-0.39, 0.29) is 11.6 Å². The van der Waals surface area contributed by atoms with E-state index in [9.17, 15) is 9.59 Å². The number of carbonyl (C=O) groups excluding carboxylic acids is 2. The molecule has 0 fully saturated rings. The zero-order valence-electron chi connectivity index (χ0n) is 13.3. The van der Waals surface area contributed by atoms with Gasteiger partial charge in [0, 0.05) is 16.7 Å². The fraction of sp³-hybridized carbons (Fsp3) is 0.667. The Morgan fingerprint density at radius 1 is 0.750 bits per heavy atom. The van der Waals surface area contributed by atoms with E-state index >= 15 is 0 Å². The molecule has 0 aromatic heterocycles. The van der Waals surface area contributed by atoms with Gasteiger partial charge in [0.15, 0.2) is 11.6 Å². The number of rotatable bonds is 9. The third-order valence-corrected chi connectivity index (χ3v) is 3.89. The summed E-state index contributed by atoms with van der Waals surface area (Å²) in [6.45, 7) is 6.34. The Bertz CT molecular complexity index is 413. The lowest BCUT2D eigenvalue weighted by atomic mass is 9.83. The van der Waals surface area contributed by atoms with Crippen LogP contribution in [0.15, 0.2) is 22.8 Å². The normalized spacial score (nSPS) is 15.8. The van der Waals surface area contributed by atoms with E-state index in [0.29, 0.717) is 0 Å². The van der Waals surface area contributed by atoms with Crippen molar-refractivity contribution in [2.24, 2.45) is 0 Å². The molecule has 2 nitrogen and oxygen atoms in total. The lowest BCUT2D eigenvalue weighted by Crippen LogP contribution is -2.20. The van der Waals surface area contributed by atoms with Crippen LogP contribution in [-0.4, -0.2) is 11.6 Å². The van der Waals surface area contributed by atoms with E-state index in [1.807, 2.05) is 0 Å². The van der Waals surface area contributed by atoms with Crippen molar-refractivity contribution in [2.45, 2.75) is 78.6 Å². The van der Waals surface area contributed by atoms with Crippen LogP contribution in [0.1, 0.15) is 78.6 Å². The third kappa shape index (κ3) is 4.43. The Labute approximate surface area is 123 Å². The molecule has 1 aliphatic carbocycles. The highest BCUT2D eigenvalue weighted by Crippen LogP contribution is 2.29. The fourth-order valence-electron chi connectivity index (χ4n) is 2.59. The maximum absolute atomic E-state index is 12.6. The second-order valence-electron chi connectivity index (χ2n) is 5.63. The Morgan fingerprint density at radius 2 is 1.25 bits per heavy atom. The molecule has 20 heavy (non-hydrogen) atoms. The highest BCUT2D eigenvalue weighted by atomic mass is 16.1. The van der Waals surface area contributed by atoms with Gasteiger partial charge in [-0.1, -0.05) is 40.0 Å². The molecule has 0 aromatic carbocycles. The summed E-state index contributed by atoms with van der Waals surface area (Å²) in [5.41, 5.74) is 2.35. The molecule has 0 amide bonds. The summed E-state index contributed by atoms with van der Waals surface area (Å²) in [7, 11) is 0. The van der Waals surface area contributed by atoms with Crippen molar-refractivity contribution >= 4 is 11.6 Å². The molecule has 0 spiro atoms. The van der Waals surface area contributed by atoms with Gasteiger partial charge in [0.2, 0.25) is 0 Å². The fourth-order valence-corrected chi connectivity index (χ4v) is 2.59. The van der Waals surface area contributed by atoms with Crippen LogP contribution < -0.4 is 0 Å². The third-order valence-electron chi connectivity index (χ3n) is 3.89. The summed E-state index contributed by atoms with van der Waals surface area (Å²) < 4.78 is 0. The molecule has 2 heteroatoms. The number of unbranched alkanes of at least 4 members (excludes halogenated alkanes) is 3. The van der Waals surface area contributed by atoms with Gasteiger partial charge in [-0.2, -0.15) is 0 Å². The number of hydrogen-bond acceptors (Lipinski definition) is 2. The van der Waals surface area contributed by atoms with Crippen LogP contribution in [-0.2, 0) is 9.59 Å². The Balaban J connectivity index is 2.95. The van der Waals surface area contributed by atoms with Crippen LogP contribution in [0.4, 0.5) is 0 Å². The number of allylic oxidation sites excluding steroid dienone is 4. The molecule has 0 N–H and O–H groups in total. The van der Waals surface area contributed by atoms with Crippen molar-refractivity contribution in [1.29, 1.82) is 0 Å². The molecule has 0 radical (unpaired) electrons. The average Bonchev–Trinajstić information content (AvgIpc) is 2.45. The monoisotopic (exact) mass is 276 g/mol. The van der Waals surface area contributed by atoms with Crippen molar-refractivity contribution in [3.63, 3.8) is 0 Å². The standard InChI is InChI=1S/C18H28O2/c1-4-7-10-14-13-17(19)15(11-8-5-2)16(18(14)20)12-9-6-3/h13H,4-12H2,1-3H3. The van der Waals surface area contributed by atoms with Gasteiger partial charge in [-0.05, 0) is 44.6 Å². The zero-order chi connectivity index (χ0) is 15.0. The first-order valence-corrected chi connectivity index (χ1v) is 8.17. The number of Topliss-reactive ketones (excluding diaryl/α,β-unsaturated/α-hetero) is 1. The first kappa shape index (κ1) is 16.9. The van der Waals surface area contributed by atoms with Gasteiger partial charge in [-0.3, -0.25) is 9.59 Å². The Hall–Kier alpha value is -1.18. The van der Waals surface area contributed by atoms with Gasteiger partial charge < -0.3 is 0 Å². The average molecular weight is 276 g/mol. The quantitative estimate of drug-likeness (QED) is 0.559. The molecule has 0 atom stereocenters. The van der Waals surface area contributed by atoms with E-state index in [2.05, 4.69) is 20.8 Å². The molecule has 0 bridgehead atoms. The predicted molar refractivity (Wildman–Crippen MR) is 83.7 cm³/mol. The minimum Gasteiger partial charge on any atom is -0.290 e. The van der Waals surface area contributed by atoms with Gasteiger partial charge in [-0.15, -0.1) is 0 Å². The van der Waals surface area contributed by atoms with E-state index in [1.54, 1.807) is 6.08 Å². The van der Waals surface area contributed by atoms with Gasteiger partial charge in [0.05, 0.1) is 0 Å². The molecule has 0 saturated heterocycles. The lowest BCUT2D eigenvalue weighted by Gasteiger charge is -2.19. The van der Waals surface area contributed by atoms with Crippen molar-refractivity contribution < 1.29 is 9.59 Å². The molecular weight excluding hydrogens is 248 g/mol. The smallest absolute Gasteiger partial charge is 0.185 e. The summed E-state index contributed by atoms with van der Waals surface area (Å²) in [5.74, 6) is 0.243. The molecule has 0 unspecified atom stereocenters. The van der Waals surface area contributed by atoms with Gasteiger partial charge in [0.25, 0.3) is 0 Å². The van der Waals surface area contributed by atoms with Crippen LogP contribution in [0.3, 0.4) is 0 Å². The largest absolute Gasteiger partial charge is 0.290 e.